The summed E-state index contributed by atoms with van der Waals surface area (Å²) in [5, 5.41) is 0. The fraction of sp³-hybridized carbons (Fsp3) is 0.800. The van der Waals surface area contributed by atoms with Crippen LogP contribution in [0.5, 0.6) is 0 Å². The van der Waals surface area contributed by atoms with Crippen LogP contribution in [-0.4, -0.2) is 78.0 Å². The topological polar surface area (TPSA) is 30.0 Å². The third kappa shape index (κ3) is 4.78. The van der Waals surface area contributed by atoms with Crippen LogP contribution in [-0.2, 0) is 4.79 Å². The summed E-state index contributed by atoms with van der Waals surface area (Å²) in [6.07, 6.45) is 5.94. The Bertz CT molecular complexity index is 373. The highest BCUT2D eigenvalue weighted by Crippen LogP contribution is 2.15. The summed E-state index contributed by atoms with van der Waals surface area (Å²) in [5.74, 6) is 0.297. The zero-order chi connectivity index (χ0) is 14.7. The average Bonchev–Trinajstić information content (AvgIpc) is 3.05. The van der Waals surface area contributed by atoms with E-state index in [4.69, 9.17) is 0 Å². The minimum absolute atomic E-state index is 0. The van der Waals surface area contributed by atoms with Crippen molar-refractivity contribution in [2.45, 2.75) is 38.8 Å². The third-order valence-corrected chi connectivity index (χ3v) is 4.34. The normalized spacial score (nSPS) is 21.6. The Kier molecular flexibility index (Phi) is 6.81. The van der Waals surface area contributed by atoms with Crippen molar-refractivity contribution in [1.29, 1.82) is 0 Å². The molecule has 21 heavy (non-hydrogen) atoms. The fourth-order valence-corrected chi connectivity index (χ4v) is 2.75. The third-order valence-electron chi connectivity index (χ3n) is 4.34. The molecule has 2 aliphatic heterocycles. The van der Waals surface area contributed by atoms with Crippen LogP contribution in [0.2, 0.25) is 0 Å². The Morgan fingerprint density at radius 2 is 2.05 bits per heavy atom. The Balaban J connectivity index is 0.00000220. The molecule has 0 aromatic carbocycles. The van der Waals surface area contributed by atoms with Gasteiger partial charge in [-0.3, -0.25) is 4.79 Å². The molecule has 0 aromatic heterocycles. The van der Waals surface area contributed by atoms with Crippen molar-refractivity contribution < 1.29 is 4.79 Å². The molecule has 0 aromatic rings. The largest absolute Gasteiger partial charge is 0.358 e. The smallest absolute Gasteiger partial charge is 0.224 e. The maximum atomic E-state index is 12.2. The summed E-state index contributed by atoms with van der Waals surface area (Å²) < 4.78 is 0. The summed E-state index contributed by atoms with van der Waals surface area (Å²) in [5.41, 5.74) is 0. The van der Waals surface area contributed by atoms with Gasteiger partial charge < -0.3 is 19.6 Å². The maximum Gasteiger partial charge on any atom is 0.224 e. The van der Waals surface area contributed by atoms with Crippen LogP contribution in [0.4, 0.5) is 0 Å². The van der Waals surface area contributed by atoms with E-state index in [-0.39, 0.29) is 12.4 Å². The highest BCUT2D eigenvalue weighted by atomic mass is 35.5. The molecule has 2 rings (SSSR count). The summed E-state index contributed by atoms with van der Waals surface area (Å²) in [4.78, 5) is 21.0. The fourth-order valence-electron chi connectivity index (χ4n) is 2.75. The molecule has 0 N–H and O–H groups in total. The summed E-state index contributed by atoms with van der Waals surface area (Å²) in [6.45, 7) is 7.90. The molecule has 2 heterocycles. The lowest BCUT2D eigenvalue weighted by Gasteiger charge is -2.25. The van der Waals surface area contributed by atoms with E-state index < -0.39 is 0 Å². The van der Waals surface area contributed by atoms with E-state index in [0.717, 1.165) is 32.7 Å². The Labute approximate surface area is 135 Å². The molecule has 2 aliphatic rings. The number of likely N-dealkylation sites (N-methyl/N-ethyl adjacent to an activating group) is 1. The van der Waals surface area contributed by atoms with Crippen molar-refractivity contribution in [2.75, 3.05) is 40.4 Å². The number of halogens is 1. The van der Waals surface area contributed by atoms with Crippen molar-refractivity contribution in [2.24, 2.45) is 0 Å². The second-order valence-electron chi connectivity index (χ2n) is 6.36. The number of amides is 1. The predicted molar refractivity (Wildman–Crippen MR) is 88.2 cm³/mol. The van der Waals surface area contributed by atoms with Gasteiger partial charge in [0, 0.05) is 50.5 Å². The first kappa shape index (κ1) is 18.1. The monoisotopic (exact) mass is 316 g/mol. The van der Waals surface area contributed by atoms with E-state index >= 15 is 0 Å². The molecule has 0 saturated carbocycles. The van der Waals surface area contributed by atoms with Crippen LogP contribution in [0.3, 0.4) is 0 Å². The highest BCUT2D eigenvalue weighted by Gasteiger charge is 2.27. The lowest BCUT2D eigenvalue weighted by atomic mass is 10.2. The molecule has 1 fully saturated rings. The molecule has 1 saturated heterocycles. The molecule has 1 atom stereocenters. The SMILES string of the molecule is CC(C)N1C=CN(CCC(=O)N2CCC(N(C)C)C2)C1.Cl. The molecule has 0 aliphatic carbocycles. The van der Waals surface area contributed by atoms with Gasteiger partial charge in [0.25, 0.3) is 0 Å². The van der Waals surface area contributed by atoms with E-state index in [1.807, 2.05) is 4.90 Å². The average molecular weight is 317 g/mol. The molecule has 0 bridgehead atoms. The lowest BCUT2D eigenvalue weighted by Crippen LogP contribution is -2.36. The zero-order valence-corrected chi connectivity index (χ0v) is 14.5. The Morgan fingerprint density at radius 3 is 2.57 bits per heavy atom. The molecule has 0 radical (unpaired) electrons. The minimum atomic E-state index is 0. The van der Waals surface area contributed by atoms with Gasteiger partial charge in [0.1, 0.15) is 0 Å². The van der Waals surface area contributed by atoms with Crippen molar-refractivity contribution in [3.8, 4) is 0 Å². The van der Waals surface area contributed by atoms with Gasteiger partial charge >= 0.3 is 0 Å². The summed E-state index contributed by atoms with van der Waals surface area (Å²) in [7, 11) is 4.18. The van der Waals surface area contributed by atoms with Crippen LogP contribution in [0.15, 0.2) is 12.4 Å². The van der Waals surface area contributed by atoms with Crippen molar-refractivity contribution >= 4 is 18.3 Å². The first-order chi connectivity index (χ1) is 9.47. The Hall–Kier alpha value is -0.940. The lowest BCUT2D eigenvalue weighted by molar-refractivity contribution is -0.130. The van der Waals surface area contributed by atoms with E-state index in [1.54, 1.807) is 0 Å². The van der Waals surface area contributed by atoms with Gasteiger partial charge in [-0.15, -0.1) is 12.4 Å². The maximum absolute atomic E-state index is 12.2. The van der Waals surface area contributed by atoms with Gasteiger partial charge in [-0.2, -0.15) is 0 Å². The number of carbonyl (C=O) groups is 1. The number of nitrogens with zero attached hydrogens (tertiary/aromatic N) is 4. The van der Waals surface area contributed by atoms with Crippen molar-refractivity contribution in [1.82, 2.24) is 19.6 Å². The van der Waals surface area contributed by atoms with Gasteiger partial charge in [-0.25, -0.2) is 0 Å². The highest BCUT2D eigenvalue weighted by molar-refractivity contribution is 5.85. The van der Waals surface area contributed by atoms with Crippen LogP contribution >= 0.6 is 12.4 Å². The van der Waals surface area contributed by atoms with Gasteiger partial charge in [-0.1, -0.05) is 0 Å². The van der Waals surface area contributed by atoms with Crippen molar-refractivity contribution in [3.63, 3.8) is 0 Å². The molecule has 122 valence electrons. The van der Waals surface area contributed by atoms with Crippen molar-refractivity contribution in [3.05, 3.63) is 12.4 Å². The second-order valence-corrected chi connectivity index (χ2v) is 6.36. The van der Waals surface area contributed by atoms with E-state index in [9.17, 15) is 4.79 Å². The molecule has 1 amide bonds. The van der Waals surface area contributed by atoms with Gasteiger partial charge in [0.05, 0.1) is 6.67 Å². The van der Waals surface area contributed by atoms with Crippen LogP contribution < -0.4 is 0 Å². The zero-order valence-electron chi connectivity index (χ0n) is 13.7. The Morgan fingerprint density at radius 1 is 1.33 bits per heavy atom. The number of likely N-dealkylation sites (tertiary alicyclic amines) is 1. The van der Waals surface area contributed by atoms with E-state index in [0.29, 0.717) is 24.4 Å². The van der Waals surface area contributed by atoms with Gasteiger partial charge in [0.15, 0.2) is 0 Å². The quantitative estimate of drug-likeness (QED) is 0.767. The second kappa shape index (κ2) is 7.90. The number of carbonyl (C=O) groups excluding carboxylic acids is 1. The number of rotatable bonds is 5. The molecule has 5 nitrogen and oxygen atoms in total. The summed E-state index contributed by atoms with van der Waals surface area (Å²) >= 11 is 0. The van der Waals surface area contributed by atoms with Crippen LogP contribution in [0, 0.1) is 0 Å². The van der Waals surface area contributed by atoms with Crippen LogP contribution in [0.25, 0.3) is 0 Å². The van der Waals surface area contributed by atoms with Crippen LogP contribution in [0.1, 0.15) is 26.7 Å². The molecule has 1 unspecified atom stereocenters. The summed E-state index contributed by atoms with van der Waals surface area (Å²) in [6, 6.07) is 1.05. The molecule has 0 spiro atoms. The molecular formula is C15H29ClN4O. The van der Waals surface area contributed by atoms with E-state index in [2.05, 4.69) is 55.0 Å². The van der Waals surface area contributed by atoms with Gasteiger partial charge in [0.2, 0.25) is 5.91 Å². The molecule has 6 heteroatoms. The minimum Gasteiger partial charge on any atom is -0.358 e. The standard InChI is InChI=1S/C15H28N4O.ClH/c1-13(2)19-10-9-17(12-19)7-6-15(20)18-8-5-14(11-18)16(3)4;/h9-10,13-14H,5-8,11-12H2,1-4H3;1H. The number of hydrogen-bond acceptors (Lipinski definition) is 4. The predicted octanol–water partition coefficient (Wildman–Crippen LogP) is 1.42. The molecular weight excluding hydrogens is 288 g/mol. The van der Waals surface area contributed by atoms with Gasteiger partial charge in [-0.05, 0) is 34.4 Å². The first-order valence-corrected chi connectivity index (χ1v) is 7.59. The van der Waals surface area contributed by atoms with E-state index in [1.165, 1.54) is 0 Å². The number of hydrogen-bond donors (Lipinski definition) is 0. The first-order valence-electron chi connectivity index (χ1n) is 7.59.